The molecule has 142 valence electrons. The largest absolute Gasteiger partial charge is 0.342 e. The summed E-state index contributed by atoms with van der Waals surface area (Å²) in [5.74, 6) is 0.282. The summed E-state index contributed by atoms with van der Waals surface area (Å²) in [5, 5.41) is 4.04. The number of aromatic nitrogens is 3. The average molecular weight is 367 g/mol. The highest BCUT2D eigenvalue weighted by Gasteiger charge is 2.50. The molecule has 2 saturated heterocycles. The molecule has 0 aliphatic carbocycles. The maximum atomic E-state index is 12.9. The van der Waals surface area contributed by atoms with Gasteiger partial charge in [0.25, 0.3) is 0 Å². The second-order valence-electron chi connectivity index (χ2n) is 7.58. The summed E-state index contributed by atoms with van der Waals surface area (Å²) in [6.07, 6.45) is 6.05. The van der Waals surface area contributed by atoms with Crippen LogP contribution in [-0.4, -0.2) is 62.1 Å². The van der Waals surface area contributed by atoms with E-state index in [-0.39, 0.29) is 23.3 Å². The number of amides is 2. The van der Waals surface area contributed by atoms with E-state index < -0.39 is 0 Å². The van der Waals surface area contributed by atoms with E-state index in [1.165, 1.54) is 6.33 Å². The van der Waals surface area contributed by atoms with E-state index >= 15 is 0 Å². The molecule has 27 heavy (non-hydrogen) atoms. The van der Waals surface area contributed by atoms with Crippen LogP contribution >= 0.6 is 0 Å². The number of carbonyl (C=O) groups excluding carboxylic acids is 2. The molecular formula is C20H25N5O2. The Labute approximate surface area is 159 Å². The Morgan fingerprint density at radius 2 is 1.96 bits per heavy atom. The monoisotopic (exact) mass is 367 g/mol. The summed E-state index contributed by atoms with van der Waals surface area (Å²) in [6, 6.07) is 10.0. The third-order valence-electron chi connectivity index (χ3n) is 6.19. The molecule has 2 fully saturated rings. The van der Waals surface area contributed by atoms with Gasteiger partial charge in [0.15, 0.2) is 0 Å². The molecule has 0 bridgehead atoms. The first-order chi connectivity index (χ1) is 13.1. The van der Waals surface area contributed by atoms with Gasteiger partial charge in [0.2, 0.25) is 11.8 Å². The molecule has 2 aliphatic rings. The summed E-state index contributed by atoms with van der Waals surface area (Å²) in [7, 11) is 1.92. The van der Waals surface area contributed by atoms with Crippen LogP contribution in [0.2, 0.25) is 0 Å². The molecule has 3 heterocycles. The normalized spacial score (nSPS) is 21.8. The number of nitrogens with zero attached hydrogens (tertiary/aromatic N) is 5. The van der Waals surface area contributed by atoms with Crippen LogP contribution in [0.5, 0.6) is 0 Å². The second kappa shape index (κ2) is 7.13. The molecule has 1 atom stereocenters. The number of benzene rings is 1. The van der Waals surface area contributed by atoms with Crippen molar-refractivity contribution in [3.05, 3.63) is 48.5 Å². The lowest BCUT2D eigenvalue weighted by Gasteiger charge is -2.43. The van der Waals surface area contributed by atoms with E-state index in [9.17, 15) is 9.59 Å². The molecule has 1 spiro atoms. The number of hydrogen-bond acceptors (Lipinski definition) is 4. The second-order valence-corrected chi connectivity index (χ2v) is 7.58. The summed E-state index contributed by atoms with van der Waals surface area (Å²) in [6.45, 7) is 1.96. The number of piperidine rings is 1. The minimum Gasteiger partial charge on any atom is -0.342 e. The lowest BCUT2D eigenvalue weighted by atomic mass is 9.81. The average Bonchev–Trinajstić information content (AvgIpc) is 3.31. The predicted octanol–water partition coefficient (Wildman–Crippen LogP) is 1.68. The van der Waals surface area contributed by atoms with Crippen molar-refractivity contribution in [1.29, 1.82) is 0 Å². The number of likely N-dealkylation sites (tertiary alicyclic amines) is 2. The zero-order chi connectivity index (χ0) is 18.9. The van der Waals surface area contributed by atoms with Gasteiger partial charge in [0.05, 0.1) is 12.5 Å². The van der Waals surface area contributed by atoms with Crippen LogP contribution in [0.3, 0.4) is 0 Å². The number of rotatable bonds is 4. The SMILES string of the molecule is CN1C(=O)C(c2ccccc2)CC12CCN(C(=O)CCn1cncn1)CC2. The molecule has 7 nitrogen and oxygen atoms in total. The Balaban J connectivity index is 1.37. The molecule has 0 radical (unpaired) electrons. The van der Waals surface area contributed by atoms with Gasteiger partial charge in [-0.3, -0.25) is 14.3 Å². The van der Waals surface area contributed by atoms with Crippen molar-refractivity contribution in [2.24, 2.45) is 0 Å². The molecule has 0 saturated carbocycles. The summed E-state index contributed by atoms with van der Waals surface area (Å²) in [4.78, 5) is 33.1. The topological polar surface area (TPSA) is 71.3 Å². The van der Waals surface area contributed by atoms with Gasteiger partial charge in [0.1, 0.15) is 12.7 Å². The molecule has 2 amide bonds. The van der Waals surface area contributed by atoms with E-state index in [1.54, 1.807) is 11.0 Å². The highest BCUT2D eigenvalue weighted by Crippen LogP contribution is 2.44. The van der Waals surface area contributed by atoms with Crippen molar-refractivity contribution < 1.29 is 9.59 Å². The molecule has 7 heteroatoms. The van der Waals surface area contributed by atoms with Crippen molar-refractivity contribution in [2.75, 3.05) is 20.1 Å². The third kappa shape index (κ3) is 3.34. The van der Waals surface area contributed by atoms with E-state index in [1.807, 2.05) is 47.2 Å². The molecule has 1 unspecified atom stereocenters. The van der Waals surface area contributed by atoms with Crippen LogP contribution in [-0.2, 0) is 16.1 Å². The van der Waals surface area contributed by atoms with Crippen LogP contribution < -0.4 is 0 Å². The van der Waals surface area contributed by atoms with Gasteiger partial charge >= 0.3 is 0 Å². The Morgan fingerprint density at radius 3 is 2.63 bits per heavy atom. The number of hydrogen-bond donors (Lipinski definition) is 0. The zero-order valence-electron chi connectivity index (χ0n) is 15.6. The van der Waals surface area contributed by atoms with Gasteiger partial charge in [-0.15, -0.1) is 0 Å². The number of carbonyl (C=O) groups is 2. The summed E-state index contributed by atoms with van der Waals surface area (Å²) >= 11 is 0. The van der Waals surface area contributed by atoms with Crippen molar-refractivity contribution >= 4 is 11.8 Å². The maximum Gasteiger partial charge on any atom is 0.230 e. The zero-order valence-corrected chi connectivity index (χ0v) is 15.6. The van der Waals surface area contributed by atoms with Crippen molar-refractivity contribution in [2.45, 2.75) is 43.7 Å². The maximum absolute atomic E-state index is 12.9. The van der Waals surface area contributed by atoms with Gasteiger partial charge in [0, 0.05) is 32.1 Å². The Bertz CT molecular complexity index is 797. The smallest absolute Gasteiger partial charge is 0.230 e. The molecule has 2 aromatic rings. The predicted molar refractivity (Wildman–Crippen MR) is 99.8 cm³/mol. The van der Waals surface area contributed by atoms with Crippen LogP contribution in [0.15, 0.2) is 43.0 Å². The first kappa shape index (κ1) is 17.7. The van der Waals surface area contributed by atoms with Crippen LogP contribution in [0, 0.1) is 0 Å². The molecule has 2 aliphatic heterocycles. The van der Waals surface area contributed by atoms with Crippen LogP contribution in [0.25, 0.3) is 0 Å². The van der Waals surface area contributed by atoms with Crippen LogP contribution in [0.1, 0.15) is 37.2 Å². The fourth-order valence-electron chi connectivity index (χ4n) is 4.45. The van der Waals surface area contributed by atoms with E-state index in [0.717, 1.165) is 24.8 Å². The van der Waals surface area contributed by atoms with Gasteiger partial charge in [-0.25, -0.2) is 4.98 Å². The van der Waals surface area contributed by atoms with Crippen molar-refractivity contribution in [3.63, 3.8) is 0 Å². The Morgan fingerprint density at radius 1 is 1.22 bits per heavy atom. The minimum absolute atomic E-state index is 0.0641. The van der Waals surface area contributed by atoms with Crippen molar-refractivity contribution in [3.8, 4) is 0 Å². The number of likely N-dealkylation sites (N-methyl/N-ethyl adjacent to an activating group) is 1. The first-order valence-corrected chi connectivity index (χ1v) is 9.52. The third-order valence-corrected chi connectivity index (χ3v) is 6.19. The van der Waals surface area contributed by atoms with Crippen LogP contribution in [0.4, 0.5) is 0 Å². The van der Waals surface area contributed by atoms with Gasteiger partial charge in [-0.2, -0.15) is 5.10 Å². The molecule has 0 N–H and O–H groups in total. The fourth-order valence-corrected chi connectivity index (χ4v) is 4.45. The lowest BCUT2D eigenvalue weighted by molar-refractivity contribution is -0.135. The minimum atomic E-state index is -0.125. The van der Waals surface area contributed by atoms with Gasteiger partial charge in [-0.1, -0.05) is 30.3 Å². The molecule has 1 aromatic carbocycles. The number of aryl methyl sites for hydroxylation is 1. The highest BCUT2D eigenvalue weighted by molar-refractivity contribution is 5.87. The molecule has 1 aromatic heterocycles. The fraction of sp³-hybridized carbons (Fsp3) is 0.500. The van der Waals surface area contributed by atoms with Gasteiger partial charge < -0.3 is 9.80 Å². The summed E-state index contributed by atoms with van der Waals surface area (Å²) < 4.78 is 1.68. The van der Waals surface area contributed by atoms with E-state index in [2.05, 4.69) is 10.1 Å². The van der Waals surface area contributed by atoms with E-state index in [4.69, 9.17) is 0 Å². The summed E-state index contributed by atoms with van der Waals surface area (Å²) in [5.41, 5.74) is 0.970. The quantitative estimate of drug-likeness (QED) is 0.824. The van der Waals surface area contributed by atoms with Crippen molar-refractivity contribution in [1.82, 2.24) is 24.6 Å². The van der Waals surface area contributed by atoms with E-state index in [0.29, 0.717) is 26.1 Å². The van der Waals surface area contributed by atoms with Gasteiger partial charge in [-0.05, 0) is 24.8 Å². The Hall–Kier alpha value is -2.70. The lowest BCUT2D eigenvalue weighted by Crippen LogP contribution is -2.52. The first-order valence-electron chi connectivity index (χ1n) is 9.52. The highest BCUT2D eigenvalue weighted by atomic mass is 16.2. The standard InChI is InChI=1S/C20H25N5O2/c1-23-19(27)17(16-5-3-2-4-6-16)13-20(23)8-11-24(12-9-20)18(26)7-10-25-15-21-14-22-25/h2-6,14-15,17H,7-13H2,1H3. The molecular weight excluding hydrogens is 342 g/mol. The Kier molecular flexibility index (Phi) is 4.68. The molecule has 4 rings (SSSR count).